The Balaban J connectivity index is 0.000000127. The summed E-state index contributed by atoms with van der Waals surface area (Å²) in [5.41, 5.74) is 6.18. The van der Waals surface area contributed by atoms with E-state index in [9.17, 15) is 0 Å². The molecule has 0 spiro atoms. The molecule has 0 radical (unpaired) electrons. The van der Waals surface area contributed by atoms with Gasteiger partial charge in [0.15, 0.2) is 0 Å². The molecule has 2 N–H and O–H groups in total. The zero-order valence-electron chi connectivity index (χ0n) is 7.20. The molecule has 1 heterocycles. The molecule has 1 aromatic rings. The van der Waals surface area contributed by atoms with E-state index >= 15 is 0 Å². The van der Waals surface area contributed by atoms with E-state index in [4.69, 9.17) is 10.5 Å². The van der Waals surface area contributed by atoms with Crippen LogP contribution in [0.25, 0.3) is 0 Å². The first-order valence-corrected chi connectivity index (χ1v) is 4.28. The van der Waals surface area contributed by atoms with Crippen LogP contribution in [0.5, 0.6) is 0 Å². The molecule has 2 rings (SSSR count). The second kappa shape index (κ2) is 5.61. The van der Waals surface area contributed by atoms with E-state index in [1.54, 1.807) is 0 Å². The molecule has 1 aliphatic heterocycles. The smallest absolute Gasteiger partial charge is 0.0466 e. The van der Waals surface area contributed by atoms with Gasteiger partial charge in [0.05, 0.1) is 0 Å². The van der Waals surface area contributed by atoms with Crippen molar-refractivity contribution in [2.75, 3.05) is 18.9 Å². The van der Waals surface area contributed by atoms with Crippen LogP contribution in [0.4, 0.5) is 5.69 Å². The van der Waals surface area contributed by atoms with Gasteiger partial charge in [0.1, 0.15) is 0 Å². The Morgan fingerprint density at radius 1 is 1.00 bits per heavy atom. The second-order valence-electron chi connectivity index (χ2n) is 2.73. The van der Waals surface area contributed by atoms with Gasteiger partial charge >= 0.3 is 0 Å². The Hall–Kier alpha value is -1.02. The lowest BCUT2D eigenvalue weighted by atomic mass is 10.3. The van der Waals surface area contributed by atoms with Gasteiger partial charge in [0, 0.05) is 18.9 Å². The summed E-state index contributed by atoms with van der Waals surface area (Å²) in [6.45, 7) is 2.00. The molecule has 12 heavy (non-hydrogen) atoms. The molecular weight excluding hydrogens is 150 g/mol. The van der Waals surface area contributed by atoms with E-state index in [1.165, 1.54) is 12.8 Å². The first kappa shape index (κ1) is 9.07. The summed E-state index contributed by atoms with van der Waals surface area (Å²) in [6.07, 6.45) is 2.56. The van der Waals surface area contributed by atoms with Crippen molar-refractivity contribution in [3.63, 3.8) is 0 Å². The molecule has 1 fully saturated rings. The van der Waals surface area contributed by atoms with Crippen LogP contribution in [-0.4, -0.2) is 13.2 Å². The Labute approximate surface area is 73.3 Å². The van der Waals surface area contributed by atoms with E-state index in [1.807, 2.05) is 30.3 Å². The lowest BCUT2D eigenvalue weighted by Crippen LogP contribution is -1.79. The molecule has 1 aromatic carbocycles. The lowest BCUT2D eigenvalue weighted by molar-refractivity contribution is 0.198. The quantitative estimate of drug-likeness (QED) is 0.597. The van der Waals surface area contributed by atoms with Gasteiger partial charge < -0.3 is 10.5 Å². The minimum absolute atomic E-state index is 0.822. The van der Waals surface area contributed by atoms with Crippen LogP contribution in [0.1, 0.15) is 12.8 Å². The maximum Gasteiger partial charge on any atom is 0.0466 e. The second-order valence-corrected chi connectivity index (χ2v) is 2.73. The number of rotatable bonds is 0. The van der Waals surface area contributed by atoms with Crippen LogP contribution < -0.4 is 5.73 Å². The standard InChI is InChI=1S/C6H7N.C4H8O/c7-6-4-2-1-3-5-6;1-2-4-5-3-1/h1-5H,7H2;1-4H2. The van der Waals surface area contributed by atoms with Gasteiger partial charge in [-0.2, -0.15) is 0 Å². The highest BCUT2D eigenvalue weighted by atomic mass is 16.5. The van der Waals surface area contributed by atoms with Crippen molar-refractivity contribution in [2.24, 2.45) is 0 Å². The largest absolute Gasteiger partial charge is 0.399 e. The Morgan fingerprint density at radius 2 is 1.58 bits per heavy atom. The number of nitrogen functional groups attached to an aromatic ring is 1. The monoisotopic (exact) mass is 165 g/mol. The summed E-state index contributed by atoms with van der Waals surface area (Å²) < 4.78 is 4.94. The molecule has 0 atom stereocenters. The predicted molar refractivity (Wildman–Crippen MR) is 50.9 cm³/mol. The molecule has 0 aromatic heterocycles. The number of para-hydroxylation sites is 1. The van der Waals surface area contributed by atoms with Gasteiger partial charge in [-0.1, -0.05) is 18.2 Å². The van der Waals surface area contributed by atoms with E-state index in [0.29, 0.717) is 0 Å². The van der Waals surface area contributed by atoms with Crippen LogP contribution in [-0.2, 0) is 4.74 Å². The zero-order chi connectivity index (χ0) is 8.65. The van der Waals surface area contributed by atoms with Crippen LogP contribution >= 0.6 is 0 Å². The van der Waals surface area contributed by atoms with Gasteiger partial charge in [-0.25, -0.2) is 0 Å². The molecule has 0 amide bonds. The predicted octanol–water partition coefficient (Wildman–Crippen LogP) is 2.07. The van der Waals surface area contributed by atoms with Crippen molar-refractivity contribution in [1.29, 1.82) is 0 Å². The van der Waals surface area contributed by atoms with Crippen molar-refractivity contribution >= 4 is 5.69 Å². The molecule has 66 valence electrons. The number of hydrogen-bond donors (Lipinski definition) is 1. The van der Waals surface area contributed by atoms with Crippen LogP contribution in [0.3, 0.4) is 0 Å². The molecule has 2 heteroatoms. The molecule has 0 saturated carbocycles. The Kier molecular flexibility index (Phi) is 4.24. The van der Waals surface area contributed by atoms with Gasteiger partial charge in [-0.3, -0.25) is 0 Å². The summed E-state index contributed by atoms with van der Waals surface area (Å²) in [4.78, 5) is 0. The van der Waals surface area contributed by atoms with E-state index in [-0.39, 0.29) is 0 Å². The molecule has 1 aliphatic rings. The lowest BCUT2D eigenvalue weighted by Gasteiger charge is -1.83. The normalized spacial score (nSPS) is 15.0. The average Bonchev–Trinajstić information content (AvgIpc) is 2.62. The van der Waals surface area contributed by atoms with Gasteiger partial charge in [0.2, 0.25) is 0 Å². The number of benzene rings is 1. The molecule has 0 unspecified atom stereocenters. The average molecular weight is 165 g/mol. The minimum Gasteiger partial charge on any atom is -0.399 e. The number of nitrogens with two attached hydrogens (primary N) is 1. The first-order valence-electron chi connectivity index (χ1n) is 4.28. The van der Waals surface area contributed by atoms with Gasteiger partial charge in [-0.15, -0.1) is 0 Å². The van der Waals surface area contributed by atoms with Gasteiger partial charge in [0.25, 0.3) is 0 Å². The SMILES string of the molecule is C1CCOC1.Nc1ccccc1. The van der Waals surface area contributed by atoms with Crippen molar-refractivity contribution in [3.05, 3.63) is 30.3 Å². The molecule has 0 bridgehead atoms. The number of hydrogen-bond acceptors (Lipinski definition) is 2. The topological polar surface area (TPSA) is 35.2 Å². The summed E-state index contributed by atoms with van der Waals surface area (Å²) in [6, 6.07) is 9.49. The van der Waals surface area contributed by atoms with E-state index in [2.05, 4.69) is 0 Å². The third-order valence-corrected chi connectivity index (χ3v) is 1.63. The number of ether oxygens (including phenoxy) is 1. The Bertz CT molecular complexity index is 187. The first-order chi connectivity index (χ1) is 5.89. The maximum atomic E-state index is 5.36. The highest BCUT2D eigenvalue weighted by Gasteiger charge is 1.94. The summed E-state index contributed by atoms with van der Waals surface area (Å²) in [7, 11) is 0. The van der Waals surface area contributed by atoms with Crippen LogP contribution in [0.2, 0.25) is 0 Å². The fourth-order valence-corrected chi connectivity index (χ4v) is 0.963. The van der Waals surface area contributed by atoms with Crippen LogP contribution in [0, 0.1) is 0 Å². The van der Waals surface area contributed by atoms with Crippen molar-refractivity contribution in [3.8, 4) is 0 Å². The molecule has 1 saturated heterocycles. The molecule has 0 aliphatic carbocycles. The van der Waals surface area contributed by atoms with Crippen molar-refractivity contribution in [2.45, 2.75) is 12.8 Å². The number of anilines is 1. The third kappa shape index (κ3) is 3.98. The maximum absolute atomic E-state index is 5.36. The van der Waals surface area contributed by atoms with Crippen molar-refractivity contribution < 1.29 is 4.74 Å². The highest BCUT2D eigenvalue weighted by Crippen LogP contribution is 1.98. The molecular formula is C10H15NO. The third-order valence-electron chi connectivity index (χ3n) is 1.63. The summed E-state index contributed by atoms with van der Waals surface area (Å²) in [5, 5.41) is 0. The Morgan fingerprint density at radius 3 is 1.83 bits per heavy atom. The fourth-order valence-electron chi connectivity index (χ4n) is 0.963. The van der Waals surface area contributed by atoms with E-state index in [0.717, 1.165) is 18.9 Å². The summed E-state index contributed by atoms with van der Waals surface area (Å²) >= 11 is 0. The minimum atomic E-state index is 0.822. The molecule has 2 nitrogen and oxygen atoms in total. The van der Waals surface area contributed by atoms with Gasteiger partial charge in [-0.05, 0) is 25.0 Å². The van der Waals surface area contributed by atoms with Crippen molar-refractivity contribution in [1.82, 2.24) is 0 Å². The zero-order valence-corrected chi connectivity index (χ0v) is 7.20. The van der Waals surface area contributed by atoms with Crippen LogP contribution in [0.15, 0.2) is 30.3 Å². The highest BCUT2D eigenvalue weighted by molar-refractivity contribution is 5.35. The fraction of sp³-hybridized carbons (Fsp3) is 0.400. The van der Waals surface area contributed by atoms with E-state index < -0.39 is 0 Å². The summed E-state index contributed by atoms with van der Waals surface area (Å²) in [5.74, 6) is 0.